The minimum absolute atomic E-state index is 0.0934. The fourth-order valence-corrected chi connectivity index (χ4v) is 3.17. The number of hydrogen-bond donors (Lipinski definition) is 0. The number of carbonyl (C=O) groups excluding carboxylic acids is 2. The van der Waals surface area contributed by atoms with Gasteiger partial charge in [0.15, 0.2) is 0 Å². The van der Waals surface area contributed by atoms with E-state index in [0.717, 1.165) is 58.5 Å². The highest BCUT2D eigenvalue weighted by Gasteiger charge is 2.32. The molecular weight excluding hydrogens is 270 g/mol. The maximum absolute atomic E-state index is 12.5. The van der Waals surface area contributed by atoms with Crippen LogP contribution >= 0.6 is 0 Å². The van der Waals surface area contributed by atoms with Gasteiger partial charge in [0.25, 0.3) is 0 Å². The molecule has 2 saturated heterocycles. The van der Waals surface area contributed by atoms with Crippen LogP contribution in [0.15, 0.2) is 0 Å². The van der Waals surface area contributed by atoms with Gasteiger partial charge in [-0.25, -0.2) is 0 Å². The zero-order chi connectivity index (χ0) is 15.2. The Bertz CT molecular complexity index is 367. The Hall–Kier alpha value is -1.14. The van der Waals surface area contributed by atoms with Crippen LogP contribution in [0, 0.1) is 0 Å². The van der Waals surface area contributed by atoms with Gasteiger partial charge in [-0.3, -0.25) is 19.4 Å². The van der Waals surface area contributed by atoms with Crippen molar-refractivity contribution >= 4 is 11.9 Å². The zero-order valence-corrected chi connectivity index (χ0v) is 13.2. The van der Waals surface area contributed by atoms with E-state index in [9.17, 15) is 9.59 Å². The van der Waals surface area contributed by atoms with Crippen molar-refractivity contribution in [3.8, 4) is 0 Å². The molecule has 0 aromatic rings. The van der Waals surface area contributed by atoms with E-state index in [1.165, 1.54) is 7.11 Å². The van der Waals surface area contributed by atoms with Gasteiger partial charge in [0.2, 0.25) is 5.91 Å². The molecule has 0 spiro atoms. The molecule has 0 N–H and O–H groups in total. The van der Waals surface area contributed by atoms with Gasteiger partial charge in [-0.05, 0) is 39.4 Å². The third-order valence-corrected chi connectivity index (χ3v) is 4.57. The third-order valence-electron chi connectivity index (χ3n) is 4.57. The van der Waals surface area contributed by atoms with Crippen LogP contribution in [0.1, 0.15) is 25.7 Å². The summed E-state index contributed by atoms with van der Waals surface area (Å²) < 4.78 is 4.64. The number of likely N-dealkylation sites (N-methyl/N-ethyl adjacent to an activating group) is 1. The van der Waals surface area contributed by atoms with Gasteiger partial charge in [-0.1, -0.05) is 0 Å². The average Bonchev–Trinajstić information content (AvgIpc) is 2.93. The van der Waals surface area contributed by atoms with Crippen molar-refractivity contribution in [2.45, 2.75) is 31.7 Å². The molecule has 0 unspecified atom stereocenters. The van der Waals surface area contributed by atoms with Gasteiger partial charge in [0.05, 0.1) is 13.2 Å². The van der Waals surface area contributed by atoms with E-state index in [-0.39, 0.29) is 12.0 Å². The van der Waals surface area contributed by atoms with E-state index in [0.29, 0.717) is 12.3 Å². The number of esters is 1. The van der Waals surface area contributed by atoms with Crippen LogP contribution in [0.4, 0.5) is 0 Å². The summed E-state index contributed by atoms with van der Waals surface area (Å²) in [6, 6.07) is 0.0934. The molecule has 0 saturated carbocycles. The Morgan fingerprint density at radius 2 is 1.86 bits per heavy atom. The highest BCUT2D eigenvalue weighted by Crippen LogP contribution is 2.18. The van der Waals surface area contributed by atoms with Crippen LogP contribution in [0.2, 0.25) is 0 Å². The van der Waals surface area contributed by atoms with Gasteiger partial charge in [-0.15, -0.1) is 0 Å². The Morgan fingerprint density at radius 3 is 2.43 bits per heavy atom. The highest BCUT2D eigenvalue weighted by molar-refractivity contribution is 5.82. The van der Waals surface area contributed by atoms with Gasteiger partial charge < -0.3 is 9.64 Å². The second-order valence-electron chi connectivity index (χ2n) is 5.99. The van der Waals surface area contributed by atoms with E-state index in [4.69, 9.17) is 0 Å². The minimum atomic E-state index is -0.145. The number of piperazine rings is 1. The Kier molecular flexibility index (Phi) is 5.99. The fraction of sp³-hybridized carbons (Fsp3) is 0.867. The molecule has 0 aromatic carbocycles. The standard InChI is InChI=1S/C15H27N3O3/c1-16-7-3-5-13(16)15(20)18-11-9-17(10-12-18)8-4-6-14(19)21-2/h13H,3-12H2,1-2H3/t13-/m1/s1. The van der Waals surface area contributed by atoms with Gasteiger partial charge >= 0.3 is 5.97 Å². The van der Waals surface area contributed by atoms with E-state index in [1.54, 1.807) is 0 Å². The number of hydrogen-bond acceptors (Lipinski definition) is 5. The van der Waals surface area contributed by atoms with Gasteiger partial charge in [0, 0.05) is 32.6 Å². The monoisotopic (exact) mass is 297 g/mol. The molecule has 2 rings (SSSR count). The zero-order valence-electron chi connectivity index (χ0n) is 13.2. The summed E-state index contributed by atoms with van der Waals surface area (Å²) in [4.78, 5) is 30.0. The van der Waals surface area contributed by atoms with E-state index in [1.807, 2.05) is 11.9 Å². The second-order valence-corrected chi connectivity index (χ2v) is 5.99. The molecule has 2 heterocycles. The lowest BCUT2D eigenvalue weighted by Crippen LogP contribution is -2.53. The van der Waals surface area contributed by atoms with Crippen LogP contribution in [0.3, 0.4) is 0 Å². The van der Waals surface area contributed by atoms with Crippen LogP contribution < -0.4 is 0 Å². The summed E-state index contributed by atoms with van der Waals surface area (Å²) in [5.74, 6) is 0.150. The predicted molar refractivity (Wildman–Crippen MR) is 79.9 cm³/mol. The van der Waals surface area contributed by atoms with Crippen LogP contribution in [0.5, 0.6) is 0 Å². The lowest BCUT2D eigenvalue weighted by molar-refractivity contribution is -0.140. The van der Waals surface area contributed by atoms with Crippen molar-refractivity contribution in [3.63, 3.8) is 0 Å². The lowest BCUT2D eigenvalue weighted by Gasteiger charge is -2.36. The first kappa shape index (κ1) is 16.2. The molecule has 6 nitrogen and oxygen atoms in total. The van der Waals surface area contributed by atoms with Crippen LogP contribution in [0.25, 0.3) is 0 Å². The molecule has 1 amide bonds. The smallest absolute Gasteiger partial charge is 0.305 e. The summed E-state index contributed by atoms with van der Waals surface area (Å²) >= 11 is 0. The van der Waals surface area contributed by atoms with Crippen molar-refractivity contribution in [2.75, 3.05) is 53.4 Å². The van der Waals surface area contributed by atoms with E-state index in [2.05, 4.69) is 14.5 Å². The summed E-state index contributed by atoms with van der Waals surface area (Å²) in [5, 5.41) is 0. The molecule has 1 atom stereocenters. The molecule has 120 valence electrons. The summed E-state index contributed by atoms with van der Waals surface area (Å²) in [7, 11) is 3.46. The molecular formula is C15H27N3O3. The van der Waals surface area contributed by atoms with E-state index >= 15 is 0 Å². The Balaban J connectivity index is 1.68. The Labute approximate surface area is 127 Å². The van der Waals surface area contributed by atoms with Crippen molar-refractivity contribution in [2.24, 2.45) is 0 Å². The highest BCUT2D eigenvalue weighted by atomic mass is 16.5. The molecule has 21 heavy (non-hydrogen) atoms. The third kappa shape index (κ3) is 4.41. The molecule has 2 fully saturated rings. The average molecular weight is 297 g/mol. The molecule has 0 aromatic heterocycles. The summed E-state index contributed by atoms with van der Waals surface area (Å²) in [6.45, 7) is 5.36. The van der Waals surface area contributed by atoms with Crippen LogP contribution in [-0.4, -0.2) is 86.0 Å². The first-order valence-corrected chi connectivity index (χ1v) is 7.90. The number of carbonyl (C=O) groups is 2. The van der Waals surface area contributed by atoms with Crippen molar-refractivity contribution in [1.82, 2.24) is 14.7 Å². The van der Waals surface area contributed by atoms with E-state index < -0.39 is 0 Å². The largest absolute Gasteiger partial charge is 0.469 e. The van der Waals surface area contributed by atoms with Crippen molar-refractivity contribution < 1.29 is 14.3 Å². The number of amides is 1. The second kappa shape index (κ2) is 7.75. The first-order valence-electron chi connectivity index (χ1n) is 7.90. The topological polar surface area (TPSA) is 53.1 Å². The van der Waals surface area contributed by atoms with Gasteiger partial charge in [0.1, 0.15) is 0 Å². The summed E-state index contributed by atoms with van der Waals surface area (Å²) in [6.07, 6.45) is 3.42. The van der Waals surface area contributed by atoms with Gasteiger partial charge in [-0.2, -0.15) is 0 Å². The van der Waals surface area contributed by atoms with Crippen molar-refractivity contribution in [1.29, 1.82) is 0 Å². The number of methoxy groups -OCH3 is 1. The maximum Gasteiger partial charge on any atom is 0.305 e. The molecule has 0 aliphatic carbocycles. The summed E-state index contributed by atoms with van der Waals surface area (Å²) in [5.41, 5.74) is 0. The van der Waals surface area contributed by atoms with Crippen LogP contribution in [-0.2, 0) is 14.3 Å². The normalized spacial score (nSPS) is 24.3. The SMILES string of the molecule is COC(=O)CCCN1CCN(C(=O)[C@H]2CCCN2C)CC1. The molecule has 6 heteroatoms. The molecule has 0 bridgehead atoms. The molecule has 0 radical (unpaired) electrons. The number of nitrogens with zero attached hydrogens (tertiary/aromatic N) is 3. The first-order chi connectivity index (χ1) is 10.1. The number of rotatable bonds is 5. The molecule has 2 aliphatic heterocycles. The Morgan fingerprint density at radius 1 is 1.14 bits per heavy atom. The predicted octanol–water partition coefficient (Wildman–Crippen LogP) is 0.178. The van der Waals surface area contributed by atoms with Crippen molar-refractivity contribution in [3.05, 3.63) is 0 Å². The lowest BCUT2D eigenvalue weighted by atomic mass is 10.1. The minimum Gasteiger partial charge on any atom is -0.469 e. The quantitative estimate of drug-likeness (QED) is 0.678. The number of likely N-dealkylation sites (tertiary alicyclic amines) is 1. The number of ether oxygens (including phenoxy) is 1. The molecule has 2 aliphatic rings. The fourth-order valence-electron chi connectivity index (χ4n) is 3.17. The maximum atomic E-state index is 12.5.